The van der Waals surface area contributed by atoms with Gasteiger partial charge in [-0.3, -0.25) is 0 Å². The van der Waals surface area contributed by atoms with Crippen LogP contribution in [-0.4, -0.2) is 0 Å². The molecule has 0 fully saturated rings. The third kappa shape index (κ3) is 3.73. The van der Waals surface area contributed by atoms with E-state index in [2.05, 4.69) is 94.4 Å². The fraction of sp³-hybridized carbons (Fsp3) is 0.217. The van der Waals surface area contributed by atoms with E-state index in [0.29, 0.717) is 5.92 Å². The molecule has 122 valence electrons. The Morgan fingerprint density at radius 2 is 1.29 bits per heavy atom. The molecule has 0 spiro atoms. The van der Waals surface area contributed by atoms with Gasteiger partial charge in [0.05, 0.1) is 0 Å². The van der Waals surface area contributed by atoms with Crippen LogP contribution >= 0.6 is 11.8 Å². The van der Waals surface area contributed by atoms with Crippen molar-refractivity contribution < 1.29 is 0 Å². The third-order valence-corrected chi connectivity index (χ3v) is 5.44. The molecule has 0 radical (unpaired) electrons. The highest BCUT2D eigenvalue weighted by molar-refractivity contribution is 8.16. The number of benzene rings is 2. The second kappa shape index (κ2) is 7.27. The fourth-order valence-electron chi connectivity index (χ4n) is 2.71. The highest BCUT2D eigenvalue weighted by atomic mass is 32.2. The van der Waals surface area contributed by atoms with E-state index < -0.39 is 0 Å². The Morgan fingerprint density at radius 1 is 0.750 bits per heavy atom. The van der Waals surface area contributed by atoms with Gasteiger partial charge in [0, 0.05) is 9.81 Å². The molecular formula is C23H24S. The van der Waals surface area contributed by atoms with Crippen molar-refractivity contribution in [3.8, 4) is 0 Å². The zero-order valence-electron chi connectivity index (χ0n) is 14.8. The first-order valence-corrected chi connectivity index (χ1v) is 9.30. The maximum atomic E-state index is 2.32. The van der Waals surface area contributed by atoms with Gasteiger partial charge in [0.15, 0.2) is 0 Å². The molecule has 0 aliphatic carbocycles. The number of thioether (sulfide) groups is 1. The van der Waals surface area contributed by atoms with E-state index in [1.807, 2.05) is 11.8 Å². The lowest BCUT2D eigenvalue weighted by atomic mass is 10.0. The van der Waals surface area contributed by atoms with E-state index >= 15 is 0 Å². The quantitative estimate of drug-likeness (QED) is 0.569. The van der Waals surface area contributed by atoms with Crippen LogP contribution in [0.25, 0.3) is 9.81 Å². The lowest BCUT2D eigenvalue weighted by molar-refractivity contribution is 0.866. The van der Waals surface area contributed by atoms with E-state index in [0.717, 1.165) is 0 Å². The van der Waals surface area contributed by atoms with E-state index in [1.54, 1.807) is 0 Å². The van der Waals surface area contributed by atoms with Crippen LogP contribution in [0.3, 0.4) is 0 Å². The average Bonchev–Trinajstić information content (AvgIpc) is 2.62. The lowest BCUT2D eigenvalue weighted by Gasteiger charge is -2.18. The monoisotopic (exact) mass is 332 g/mol. The predicted octanol–water partition coefficient (Wildman–Crippen LogP) is 7.28. The largest absolute Gasteiger partial charge is 0.0888 e. The molecule has 1 heteroatoms. The first kappa shape index (κ1) is 16.9. The minimum Gasteiger partial charge on any atom is -0.0888 e. The molecule has 24 heavy (non-hydrogen) atoms. The molecule has 0 atom stereocenters. The summed E-state index contributed by atoms with van der Waals surface area (Å²) in [7, 11) is 0. The van der Waals surface area contributed by atoms with Crippen LogP contribution in [-0.2, 0) is 0 Å². The van der Waals surface area contributed by atoms with Crippen molar-refractivity contribution in [2.24, 2.45) is 0 Å². The maximum Gasteiger partial charge on any atom is 0.0200 e. The summed E-state index contributed by atoms with van der Waals surface area (Å²) in [5, 5.41) is 0. The maximum absolute atomic E-state index is 2.32. The first-order chi connectivity index (χ1) is 11.5. The van der Waals surface area contributed by atoms with Gasteiger partial charge in [-0.15, -0.1) is 0 Å². The van der Waals surface area contributed by atoms with Crippen LogP contribution in [0, 0.1) is 0 Å². The molecule has 0 unspecified atom stereocenters. The Kier molecular flexibility index (Phi) is 5.11. The van der Waals surface area contributed by atoms with E-state index in [4.69, 9.17) is 0 Å². The highest BCUT2D eigenvalue weighted by Crippen LogP contribution is 2.44. The second-order valence-electron chi connectivity index (χ2n) is 6.72. The smallest absolute Gasteiger partial charge is 0.0200 e. The topological polar surface area (TPSA) is 0 Å². The molecule has 0 saturated carbocycles. The molecule has 1 aliphatic heterocycles. The summed E-state index contributed by atoms with van der Waals surface area (Å²) >= 11 is 1.86. The Labute approximate surface area is 150 Å². The molecule has 0 bridgehead atoms. The van der Waals surface area contributed by atoms with Crippen molar-refractivity contribution in [2.45, 2.75) is 33.6 Å². The van der Waals surface area contributed by atoms with Crippen molar-refractivity contribution in [3.63, 3.8) is 0 Å². The van der Waals surface area contributed by atoms with Crippen molar-refractivity contribution in [1.29, 1.82) is 0 Å². The molecule has 0 nitrogen and oxygen atoms in total. The number of hydrogen-bond acceptors (Lipinski definition) is 1. The number of hydrogen-bond donors (Lipinski definition) is 0. The fourth-order valence-corrected chi connectivity index (χ4v) is 3.83. The van der Waals surface area contributed by atoms with Gasteiger partial charge >= 0.3 is 0 Å². The molecule has 2 aromatic rings. The molecule has 1 heterocycles. The van der Waals surface area contributed by atoms with Crippen LogP contribution in [0.5, 0.6) is 0 Å². The zero-order valence-corrected chi connectivity index (χ0v) is 15.7. The number of allylic oxidation sites excluding steroid dienone is 4. The summed E-state index contributed by atoms with van der Waals surface area (Å²) in [5.74, 6) is 0.570. The summed E-state index contributed by atoms with van der Waals surface area (Å²) in [6, 6.07) is 19.7. The molecule has 0 aromatic heterocycles. The van der Waals surface area contributed by atoms with Crippen LogP contribution in [0.4, 0.5) is 0 Å². The van der Waals surface area contributed by atoms with Gasteiger partial charge in [0.25, 0.3) is 0 Å². The molecule has 3 rings (SSSR count). The van der Waals surface area contributed by atoms with Gasteiger partial charge in [0.1, 0.15) is 0 Å². The minimum atomic E-state index is 0.570. The van der Waals surface area contributed by atoms with Crippen LogP contribution in [0.2, 0.25) is 0 Å². The summed E-state index contributed by atoms with van der Waals surface area (Å²) in [4.78, 5) is 2.64. The molecule has 0 N–H and O–H groups in total. The lowest BCUT2D eigenvalue weighted by Crippen LogP contribution is -1.93. The van der Waals surface area contributed by atoms with Crippen LogP contribution in [0.1, 0.15) is 50.3 Å². The van der Waals surface area contributed by atoms with Gasteiger partial charge in [-0.25, -0.2) is 0 Å². The van der Waals surface area contributed by atoms with Gasteiger partial charge < -0.3 is 0 Å². The molecule has 0 amide bonds. The second-order valence-corrected chi connectivity index (χ2v) is 7.80. The average molecular weight is 333 g/mol. The van der Waals surface area contributed by atoms with Crippen LogP contribution in [0.15, 0.2) is 77.9 Å². The van der Waals surface area contributed by atoms with Crippen molar-refractivity contribution in [2.75, 3.05) is 0 Å². The molecule has 0 saturated heterocycles. The van der Waals surface area contributed by atoms with E-state index in [9.17, 15) is 0 Å². The van der Waals surface area contributed by atoms with Gasteiger partial charge in [0.2, 0.25) is 0 Å². The van der Waals surface area contributed by atoms with Crippen molar-refractivity contribution >= 4 is 21.6 Å². The molecular weight excluding hydrogens is 308 g/mol. The Bertz CT molecular complexity index is 799. The standard InChI is InChI=1S/C23H24S/c1-16(2)18-10-12-20(13-11-18)23-15-21(17(3)4)14-22(24-23)19-8-6-5-7-9-19/h5-16H,1-4H3. The molecule has 2 aromatic carbocycles. The van der Waals surface area contributed by atoms with Crippen molar-refractivity contribution in [1.82, 2.24) is 0 Å². The van der Waals surface area contributed by atoms with E-state index in [-0.39, 0.29) is 0 Å². The zero-order chi connectivity index (χ0) is 17.1. The minimum absolute atomic E-state index is 0.570. The summed E-state index contributed by atoms with van der Waals surface area (Å²) < 4.78 is 0. The predicted molar refractivity (Wildman–Crippen MR) is 109 cm³/mol. The van der Waals surface area contributed by atoms with Gasteiger partial charge in [-0.1, -0.05) is 85.8 Å². The van der Waals surface area contributed by atoms with Crippen molar-refractivity contribution in [3.05, 3.63) is 94.6 Å². The number of rotatable bonds is 3. The van der Waals surface area contributed by atoms with E-state index in [1.165, 1.54) is 37.6 Å². The normalized spacial score (nSPS) is 14.5. The SMILES string of the molecule is CC(C)=C1C=C(c2ccccc2)SC(c2ccc(C(C)C)cc2)=C1. The highest BCUT2D eigenvalue weighted by Gasteiger charge is 2.15. The summed E-state index contributed by atoms with van der Waals surface area (Å²) in [6.07, 6.45) is 4.62. The Morgan fingerprint density at radius 3 is 1.79 bits per heavy atom. The summed E-state index contributed by atoms with van der Waals surface area (Å²) in [5.41, 5.74) is 6.63. The summed E-state index contributed by atoms with van der Waals surface area (Å²) in [6.45, 7) is 8.84. The van der Waals surface area contributed by atoms with Gasteiger partial charge in [-0.05, 0) is 54.2 Å². The first-order valence-electron chi connectivity index (χ1n) is 8.49. The van der Waals surface area contributed by atoms with Crippen LogP contribution < -0.4 is 0 Å². The Hall–Kier alpha value is -1.99. The third-order valence-electron chi connectivity index (χ3n) is 4.29. The van der Waals surface area contributed by atoms with Gasteiger partial charge in [-0.2, -0.15) is 0 Å². The molecule has 1 aliphatic rings. The Balaban J connectivity index is 1.98.